The quantitative estimate of drug-likeness (QED) is 0.898. The summed E-state index contributed by atoms with van der Waals surface area (Å²) in [6.45, 7) is 6.02. The van der Waals surface area contributed by atoms with Crippen LogP contribution in [0.1, 0.15) is 6.42 Å². The Bertz CT molecular complexity index is 531. The Morgan fingerprint density at radius 1 is 1.16 bits per heavy atom. The Labute approximate surface area is 112 Å². The van der Waals surface area contributed by atoms with Crippen molar-refractivity contribution in [3.63, 3.8) is 0 Å². The van der Waals surface area contributed by atoms with Gasteiger partial charge in [-0.1, -0.05) is 17.3 Å². The third-order valence-electron chi connectivity index (χ3n) is 3.71. The summed E-state index contributed by atoms with van der Waals surface area (Å²) in [7, 11) is 0. The Morgan fingerprint density at radius 2 is 1.95 bits per heavy atom. The highest BCUT2D eigenvalue weighted by atomic mass is 16.5. The fourth-order valence-corrected chi connectivity index (χ4v) is 2.60. The second-order valence-corrected chi connectivity index (χ2v) is 4.97. The molecule has 1 aromatic carbocycles. The van der Waals surface area contributed by atoms with Gasteiger partial charge in [-0.15, -0.1) is 0 Å². The topological polar surface area (TPSA) is 58.5 Å². The van der Waals surface area contributed by atoms with E-state index in [0.717, 1.165) is 62.5 Å². The predicted molar refractivity (Wildman–Crippen MR) is 76.3 cm³/mol. The number of para-hydroxylation sites is 1. The van der Waals surface area contributed by atoms with Crippen molar-refractivity contribution in [2.45, 2.75) is 6.42 Å². The Hall–Kier alpha value is -1.59. The summed E-state index contributed by atoms with van der Waals surface area (Å²) in [6.07, 6.45) is 1.08. The molecule has 2 aromatic rings. The molecule has 102 valence electrons. The summed E-state index contributed by atoms with van der Waals surface area (Å²) >= 11 is 0. The minimum Gasteiger partial charge on any atom is -0.354 e. The van der Waals surface area contributed by atoms with Gasteiger partial charge in [-0.05, 0) is 31.6 Å². The van der Waals surface area contributed by atoms with Gasteiger partial charge in [0.05, 0.1) is 5.39 Å². The van der Waals surface area contributed by atoms with E-state index in [9.17, 15) is 0 Å². The second-order valence-electron chi connectivity index (χ2n) is 4.97. The lowest BCUT2D eigenvalue weighted by Gasteiger charge is -2.34. The summed E-state index contributed by atoms with van der Waals surface area (Å²) in [5.74, 6) is 0.981. The fraction of sp³-hybridized carbons (Fsp3) is 0.500. The molecule has 1 aromatic heterocycles. The van der Waals surface area contributed by atoms with Crippen LogP contribution in [0, 0.1) is 0 Å². The minimum absolute atomic E-state index is 0.772. The molecule has 1 aliphatic rings. The van der Waals surface area contributed by atoms with Crippen molar-refractivity contribution in [2.75, 3.05) is 44.2 Å². The molecule has 1 fully saturated rings. The van der Waals surface area contributed by atoms with Gasteiger partial charge in [0.1, 0.15) is 0 Å². The molecule has 0 saturated carbocycles. The number of aromatic nitrogens is 1. The van der Waals surface area contributed by atoms with Crippen molar-refractivity contribution < 1.29 is 4.52 Å². The molecule has 0 spiro atoms. The highest BCUT2D eigenvalue weighted by Crippen LogP contribution is 2.26. The molecule has 5 nitrogen and oxygen atoms in total. The monoisotopic (exact) mass is 260 g/mol. The van der Waals surface area contributed by atoms with E-state index in [1.54, 1.807) is 0 Å². The van der Waals surface area contributed by atoms with Crippen molar-refractivity contribution in [1.29, 1.82) is 0 Å². The largest absolute Gasteiger partial charge is 0.354 e. The number of piperazine rings is 1. The van der Waals surface area contributed by atoms with Crippen LogP contribution in [0.15, 0.2) is 28.8 Å². The predicted octanol–water partition coefficient (Wildman–Crippen LogP) is 1.30. The number of nitrogens with two attached hydrogens (primary N) is 1. The molecule has 0 aliphatic carbocycles. The highest BCUT2D eigenvalue weighted by molar-refractivity contribution is 5.88. The molecule has 1 saturated heterocycles. The van der Waals surface area contributed by atoms with E-state index in [1.807, 2.05) is 18.2 Å². The van der Waals surface area contributed by atoms with Crippen molar-refractivity contribution >= 4 is 16.8 Å². The lowest BCUT2D eigenvalue weighted by Crippen LogP contribution is -2.47. The molecular formula is C14H20N4O. The number of rotatable bonds is 4. The molecule has 1 aliphatic heterocycles. The van der Waals surface area contributed by atoms with E-state index in [-0.39, 0.29) is 0 Å². The zero-order valence-corrected chi connectivity index (χ0v) is 11.1. The molecule has 19 heavy (non-hydrogen) atoms. The molecular weight excluding hydrogens is 240 g/mol. The maximum atomic E-state index is 5.55. The first-order valence-corrected chi connectivity index (χ1v) is 6.90. The molecule has 0 bridgehead atoms. The third kappa shape index (κ3) is 2.57. The SMILES string of the molecule is NCCCN1CCN(c2noc3ccccc23)CC1. The maximum Gasteiger partial charge on any atom is 0.180 e. The number of fused-ring (bicyclic) bond motifs is 1. The molecule has 0 atom stereocenters. The lowest BCUT2D eigenvalue weighted by atomic mass is 10.2. The summed E-state index contributed by atoms with van der Waals surface area (Å²) < 4.78 is 5.37. The number of anilines is 1. The van der Waals surface area contributed by atoms with Crippen LogP contribution in [0.5, 0.6) is 0 Å². The maximum absolute atomic E-state index is 5.55. The number of nitrogens with zero attached hydrogens (tertiary/aromatic N) is 3. The van der Waals surface area contributed by atoms with E-state index >= 15 is 0 Å². The number of hydrogen-bond donors (Lipinski definition) is 1. The van der Waals surface area contributed by atoms with E-state index in [4.69, 9.17) is 10.3 Å². The summed E-state index contributed by atoms with van der Waals surface area (Å²) in [4.78, 5) is 4.77. The van der Waals surface area contributed by atoms with Crippen molar-refractivity contribution in [1.82, 2.24) is 10.1 Å². The molecule has 0 amide bonds. The molecule has 2 N–H and O–H groups in total. The zero-order valence-electron chi connectivity index (χ0n) is 11.1. The molecule has 3 rings (SSSR count). The molecule has 0 unspecified atom stereocenters. The fourth-order valence-electron chi connectivity index (χ4n) is 2.60. The van der Waals surface area contributed by atoms with Gasteiger partial charge in [-0.25, -0.2) is 0 Å². The van der Waals surface area contributed by atoms with E-state index in [2.05, 4.69) is 21.0 Å². The first kappa shape index (κ1) is 12.4. The van der Waals surface area contributed by atoms with Crippen molar-refractivity contribution in [3.8, 4) is 0 Å². The Morgan fingerprint density at radius 3 is 2.74 bits per heavy atom. The first-order chi connectivity index (χ1) is 9.38. The van der Waals surface area contributed by atoms with Gasteiger partial charge in [0.2, 0.25) is 0 Å². The Balaban J connectivity index is 1.68. The lowest BCUT2D eigenvalue weighted by molar-refractivity contribution is 0.255. The summed E-state index contributed by atoms with van der Waals surface area (Å²) in [5, 5.41) is 5.33. The number of hydrogen-bond acceptors (Lipinski definition) is 5. The van der Waals surface area contributed by atoms with Crippen molar-refractivity contribution in [3.05, 3.63) is 24.3 Å². The molecule has 2 heterocycles. The van der Waals surface area contributed by atoms with Gasteiger partial charge in [0, 0.05) is 26.2 Å². The van der Waals surface area contributed by atoms with Gasteiger partial charge < -0.3 is 15.2 Å². The standard InChI is InChI=1S/C14H20N4O/c15-6-3-7-17-8-10-18(11-9-17)14-12-4-1-2-5-13(12)19-16-14/h1-2,4-5H,3,6-11,15H2. The molecule has 5 heteroatoms. The first-order valence-electron chi connectivity index (χ1n) is 6.90. The third-order valence-corrected chi connectivity index (χ3v) is 3.71. The smallest absolute Gasteiger partial charge is 0.180 e. The number of benzene rings is 1. The average Bonchev–Trinajstić information content (AvgIpc) is 2.90. The highest BCUT2D eigenvalue weighted by Gasteiger charge is 2.20. The van der Waals surface area contributed by atoms with E-state index < -0.39 is 0 Å². The van der Waals surface area contributed by atoms with Gasteiger partial charge in [0.15, 0.2) is 11.4 Å². The summed E-state index contributed by atoms with van der Waals surface area (Å²) in [6, 6.07) is 8.04. The Kier molecular flexibility index (Phi) is 3.66. The van der Waals surface area contributed by atoms with Crippen LogP contribution in [0.2, 0.25) is 0 Å². The van der Waals surface area contributed by atoms with Crippen LogP contribution in [-0.4, -0.2) is 49.3 Å². The van der Waals surface area contributed by atoms with Crippen LogP contribution in [0.4, 0.5) is 5.82 Å². The minimum atomic E-state index is 0.772. The van der Waals surface area contributed by atoms with Gasteiger partial charge in [-0.2, -0.15) is 0 Å². The van der Waals surface area contributed by atoms with Gasteiger partial charge in [0.25, 0.3) is 0 Å². The van der Waals surface area contributed by atoms with Crippen LogP contribution in [0.3, 0.4) is 0 Å². The average molecular weight is 260 g/mol. The van der Waals surface area contributed by atoms with E-state index in [0.29, 0.717) is 0 Å². The normalized spacial score (nSPS) is 17.2. The van der Waals surface area contributed by atoms with Crippen LogP contribution >= 0.6 is 0 Å². The van der Waals surface area contributed by atoms with Crippen LogP contribution in [-0.2, 0) is 0 Å². The van der Waals surface area contributed by atoms with Crippen LogP contribution in [0.25, 0.3) is 11.0 Å². The van der Waals surface area contributed by atoms with Gasteiger partial charge >= 0.3 is 0 Å². The second kappa shape index (κ2) is 5.59. The zero-order chi connectivity index (χ0) is 13.1. The van der Waals surface area contributed by atoms with Crippen molar-refractivity contribution in [2.24, 2.45) is 5.73 Å². The van der Waals surface area contributed by atoms with E-state index in [1.165, 1.54) is 0 Å². The van der Waals surface area contributed by atoms with Gasteiger partial charge in [-0.3, -0.25) is 4.90 Å². The molecule has 0 radical (unpaired) electrons. The summed E-state index contributed by atoms with van der Waals surface area (Å²) in [5.41, 5.74) is 6.42. The van der Waals surface area contributed by atoms with Crippen LogP contribution < -0.4 is 10.6 Å².